The first kappa shape index (κ1) is 19.9. The van der Waals surface area contributed by atoms with E-state index in [0.29, 0.717) is 26.3 Å². The van der Waals surface area contributed by atoms with Crippen LogP contribution >= 0.6 is 0 Å². The lowest BCUT2D eigenvalue weighted by Gasteiger charge is -2.17. The summed E-state index contributed by atoms with van der Waals surface area (Å²) in [4.78, 5) is 26.7. The van der Waals surface area contributed by atoms with Crippen LogP contribution in [0.25, 0.3) is 0 Å². The number of hydrogen-bond donors (Lipinski definition) is 1. The zero-order valence-corrected chi connectivity index (χ0v) is 16.3. The molecule has 1 heterocycles. The van der Waals surface area contributed by atoms with Gasteiger partial charge in [-0.1, -0.05) is 24.3 Å². The van der Waals surface area contributed by atoms with Crippen LogP contribution in [0.4, 0.5) is 5.69 Å². The van der Waals surface area contributed by atoms with E-state index in [2.05, 4.69) is 5.32 Å². The SMILES string of the molecule is CCOCc1ccccc1CNC(=O)C1CC(=O)N(c2ccc(OC)cc2)C1. The van der Waals surface area contributed by atoms with Gasteiger partial charge >= 0.3 is 0 Å². The van der Waals surface area contributed by atoms with Crippen molar-refractivity contribution in [3.05, 3.63) is 59.7 Å². The summed E-state index contributed by atoms with van der Waals surface area (Å²) >= 11 is 0. The number of nitrogens with one attached hydrogen (secondary N) is 1. The van der Waals surface area contributed by atoms with Crippen molar-refractivity contribution in [3.8, 4) is 5.75 Å². The summed E-state index contributed by atoms with van der Waals surface area (Å²) in [6, 6.07) is 15.2. The number of amides is 2. The van der Waals surface area contributed by atoms with Gasteiger partial charge in [0.15, 0.2) is 0 Å². The summed E-state index contributed by atoms with van der Waals surface area (Å²) in [6.07, 6.45) is 0.221. The van der Waals surface area contributed by atoms with Crippen molar-refractivity contribution in [2.24, 2.45) is 5.92 Å². The molecule has 1 aliphatic heterocycles. The van der Waals surface area contributed by atoms with Crippen LogP contribution in [-0.2, 0) is 27.5 Å². The minimum absolute atomic E-state index is 0.0398. The van der Waals surface area contributed by atoms with Gasteiger partial charge in [-0.2, -0.15) is 0 Å². The molecule has 28 heavy (non-hydrogen) atoms. The van der Waals surface area contributed by atoms with Crippen molar-refractivity contribution in [2.75, 3.05) is 25.2 Å². The number of hydrogen-bond acceptors (Lipinski definition) is 4. The van der Waals surface area contributed by atoms with E-state index >= 15 is 0 Å². The molecule has 1 atom stereocenters. The van der Waals surface area contributed by atoms with Crippen LogP contribution in [0.1, 0.15) is 24.5 Å². The number of anilines is 1. The van der Waals surface area contributed by atoms with Gasteiger partial charge in [-0.05, 0) is 42.3 Å². The highest BCUT2D eigenvalue weighted by Gasteiger charge is 2.35. The maximum Gasteiger partial charge on any atom is 0.227 e. The molecular weight excluding hydrogens is 356 g/mol. The number of nitrogens with zero attached hydrogens (tertiary/aromatic N) is 1. The third kappa shape index (κ3) is 4.70. The molecule has 6 nitrogen and oxygen atoms in total. The van der Waals surface area contributed by atoms with Crippen LogP contribution in [0.15, 0.2) is 48.5 Å². The van der Waals surface area contributed by atoms with Crippen LogP contribution in [0.5, 0.6) is 5.75 Å². The number of carbonyl (C=O) groups is 2. The largest absolute Gasteiger partial charge is 0.497 e. The van der Waals surface area contributed by atoms with Gasteiger partial charge in [-0.3, -0.25) is 9.59 Å². The third-order valence-corrected chi connectivity index (χ3v) is 4.91. The summed E-state index contributed by atoms with van der Waals surface area (Å²) in [6.45, 7) is 3.94. The highest BCUT2D eigenvalue weighted by atomic mass is 16.5. The molecule has 1 aliphatic rings. The molecule has 1 saturated heterocycles. The molecule has 0 aromatic heterocycles. The Bertz CT molecular complexity index is 820. The first-order valence-electron chi connectivity index (χ1n) is 9.49. The molecule has 0 saturated carbocycles. The number of ether oxygens (including phenoxy) is 2. The predicted molar refractivity (Wildman–Crippen MR) is 107 cm³/mol. The Morgan fingerprint density at radius 1 is 1.14 bits per heavy atom. The van der Waals surface area contributed by atoms with E-state index in [9.17, 15) is 9.59 Å². The fraction of sp³-hybridized carbons (Fsp3) is 0.364. The van der Waals surface area contributed by atoms with Crippen molar-refractivity contribution in [2.45, 2.75) is 26.5 Å². The molecule has 0 bridgehead atoms. The first-order chi connectivity index (χ1) is 13.6. The standard InChI is InChI=1S/C22H26N2O4/c1-3-28-15-17-7-5-4-6-16(17)13-23-22(26)18-12-21(25)24(14-18)19-8-10-20(27-2)11-9-19/h4-11,18H,3,12-15H2,1-2H3,(H,23,26). The molecule has 3 rings (SSSR count). The predicted octanol–water partition coefficient (Wildman–Crippen LogP) is 2.90. The zero-order valence-electron chi connectivity index (χ0n) is 16.3. The van der Waals surface area contributed by atoms with Crippen molar-refractivity contribution in [3.63, 3.8) is 0 Å². The second kappa shape index (κ2) is 9.37. The number of rotatable bonds is 8. The van der Waals surface area contributed by atoms with Gasteiger partial charge in [0, 0.05) is 31.8 Å². The zero-order chi connectivity index (χ0) is 19.9. The smallest absolute Gasteiger partial charge is 0.227 e. The van der Waals surface area contributed by atoms with Crippen LogP contribution in [-0.4, -0.2) is 32.1 Å². The van der Waals surface area contributed by atoms with Crippen LogP contribution in [0, 0.1) is 5.92 Å². The second-order valence-electron chi connectivity index (χ2n) is 6.73. The molecule has 1 fully saturated rings. The first-order valence-corrected chi connectivity index (χ1v) is 9.49. The topological polar surface area (TPSA) is 67.9 Å². The van der Waals surface area contributed by atoms with Crippen molar-refractivity contribution >= 4 is 17.5 Å². The lowest BCUT2D eigenvalue weighted by molar-refractivity contribution is -0.126. The molecule has 0 radical (unpaired) electrons. The Morgan fingerprint density at radius 3 is 2.54 bits per heavy atom. The van der Waals surface area contributed by atoms with Gasteiger partial charge in [0.05, 0.1) is 19.6 Å². The Hall–Kier alpha value is -2.86. The molecule has 2 amide bonds. The Morgan fingerprint density at radius 2 is 1.86 bits per heavy atom. The van der Waals surface area contributed by atoms with Crippen molar-refractivity contribution in [1.29, 1.82) is 0 Å². The van der Waals surface area contributed by atoms with Crippen molar-refractivity contribution in [1.82, 2.24) is 5.32 Å². The summed E-state index contributed by atoms with van der Waals surface area (Å²) in [7, 11) is 1.60. The van der Waals surface area contributed by atoms with Gasteiger partial charge in [-0.15, -0.1) is 0 Å². The lowest BCUT2D eigenvalue weighted by atomic mass is 10.1. The summed E-state index contributed by atoms with van der Waals surface area (Å²) in [5.41, 5.74) is 2.87. The highest BCUT2D eigenvalue weighted by molar-refractivity contribution is 6.00. The van der Waals surface area contributed by atoms with E-state index in [0.717, 1.165) is 22.6 Å². The molecule has 6 heteroatoms. The number of methoxy groups -OCH3 is 1. The Balaban J connectivity index is 1.59. The fourth-order valence-electron chi connectivity index (χ4n) is 3.30. The summed E-state index contributed by atoms with van der Waals surface area (Å²) in [5, 5.41) is 2.98. The van der Waals surface area contributed by atoms with Crippen molar-refractivity contribution < 1.29 is 19.1 Å². The Labute approximate surface area is 165 Å². The van der Waals surface area contributed by atoms with Gasteiger partial charge in [0.2, 0.25) is 11.8 Å². The molecule has 1 unspecified atom stereocenters. The number of carbonyl (C=O) groups excluding carboxylic acids is 2. The van der Waals surface area contributed by atoms with Crippen LogP contribution in [0.3, 0.4) is 0 Å². The molecule has 148 valence electrons. The maximum absolute atomic E-state index is 12.6. The van der Waals surface area contributed by atoms with Crippen LogP contribution in [0.2, 0.25) is 0 Å². The summed E-state index contributed by atoms with van der Waals surface area (Å²) in [5.74, 6) is 0.238. The highest BCUT2D eigenvalue weighted by Crippen LogP contribution is 2.27. The summed E-state index contributed by atoms with van der Waals surface area (Å²) < 4.78 is 10.6. The minimum atomic E-state index is -0.353. The molecular formula is C22H26N2O4. The Kier molecular flexibility index (Phi) is 6.66. The van der Waals surface area contributed by atoms with E-state index in [4.69, 9.17) is 9.47 Å². The molecule has 2 aromatic carbocycles. The maximum atomic E-state index is 12.6. The lowest BCUT2D eigenvalue weighted by Crippen LogP contribution is -2.32. The molecule has 0 aliphatic carbocycles. The van der Waals surface area contributed by atoms with E-state index in [1.165, 1.54) is 0 Å². The van der Waals surface area contributed by atoms with Gasteiger partial charge in [-0.25, -0.2) is 0 Å². The molecule has 0 spiro atoms. The number of benzene rings is 2. The van der Waals surface area contributed by atoms with E-state index in [1.807, 2.05) is 55.5 Å². The minimum Gasteiger partial charge on any atom is -0.497 e. The third-order valence-electron chi connectivity index (χ3n) is 4.91. The van der Waals surface area contributed by atoms with E-state index in [-0.39, 0.29) is 24.2 Å². The van der Waals surface area contributed by atoms with Crippen LogP contribution < -0.4 is 15.0 Å². The molecule has 1 N–H and O–H groups in total. The van der Waals surface area contributed by atoms with Gasteiger partial charge in [0.1, 0.15) is 5.75 Å². The van der Waals surface area contributed by atoms with Gasteiger partial charge in [0.25, 0.3) is 0 Å². The quantitative estimate of drug-likeness (QED) is 0.762. The second-order valence-corrected chi connectivity index (χ2v) is 6.73. The monoisotopic (exact) mass is 382 g/mol. The molecule has 2 aromatic rings. The van der Waals surface area contributed by atoms with E-state index in [1.54, 1.807) is 12.0 Å². The average Bonchev–Trinajstić information content (AvgIpc) is 3.12. The van der Waals surface area contributed by atoms with Gasteiger partial charge < -0.3 is 19.7 Å². The average molecular weight is 382 g/mol. The fourth-order valence-corrected chi connectivity index (χ4v) is 3.30. The van der Waals surface area contributed by atoms with E-state index < -0.39 is 0 Å². The normalized spacial score (nSPS) is 16.3.